The summed E-state index contributed by atoms with van der Waals surface area (Å²) in [4.78, 5) is 0. The van der Waals surface area contributed by atoms with E-state index in [2.05, 4.69) is 26.8 Å². The lowest BCUT2D eigenvalue weighted by molar-refractivity contribution is -0.133. The maximum Gasteiger partial charge on any atom is 0.0650 e. The first kappa shape index (κ1) is 19.3. The summed E-state index contributed by atoms with van der Waals surface area (Å²) < 4.78 is 0. The van der Waals surface area contributed by atoms with Crippen LogP contribution in [-0.2, 0) is 0 Å². The fourth-order valence-electron chi connectivity index (χ4n) is 6.70. The highest BCUT2D eigenvalue weighted by atomic mass is 16.3. The molecule has 0 radical (unpaired) electrons. The molecule has 0 spiro atoms. The average Bonchev–Trinajstić information content (AvgIpc) is 2.53. The standard InChI is InChI=1S/C21H36O4/c1-19(18(25)7-9-22)8-6-16-14(10-19)4-5-17-20(2,13-23)11-15(24)12-21(16,17)3/h10,15-18,22-25H,4-9,11-13H2,1-3H3/t15-,16+,17+,18-,19-,20-,21-/m0/s1. The molecular formula is C21H36O4. The first-order valence-corrected chi connectivity index (χ1v) is 9.98. The molecular weight excluding hydrogens is 316 g/mol. The van der Waals surface area contributed by atoms with Crippen LogP contribution in [0.1, 0.15) is 65.7 Å². The lowest BCUT2D eigenvalue weighted by atomic mass is 9.44. The van der Waals surface area contributed by atoms with Gasteiger partial charge in [0.2, 0.25) is 0 Å². The molecule has 3 rings (SSSR count). The summed E-state index contributed by atoms with van der Waals surface area (Å²) in [5.74, 6) is 0.865. The van der Waals surface area contributed by atoms with E-state index in [1.807, 2.05) is 0 Å². The Balaban J connectivity index is 1.92. The number of rotatable bonds is 4. The van der Waals surface area contributed by atoms with Gasteiger partial charge in [0.1, 0.15) is 0 Å². The second kappa shape index (κ2) is 6.63. The molecule has 25 heavy (non-hydrogen) atoms. The average molecular weight is 353 g/mol. The lowest BCUT2D eigenvalue weighted by Crippen LogP contribution is -2.56. The lowest BCUT2D eigenvalue weighted by Gasteiger charge is -2.61. The third-order valence-electron chi connectivity index (χ3n) is 7.99. The van der Waals surface area contributed by atoms with Crippen LogP contribution < -0.4 is 0 Å². The van der Waals surface area contributed by atoms with Crippen LogP contribution in [0, 0.1) is 28.1 Å². The predicted octanol–water partition coefficient (Wildman–Crippen LogP) is 2.64. The van der Waals surface area contributed by atoms with E-state index >= 15 is 0 Å². The Morgan fingerprint density at radius 2 is 1.88 bits per heavy atom. The van der Waals surface area contributed by atoms with Gasteiger partial charge in [0.05, 0.1) is 12.2 Å². The highest BCUT2D eigenvalue weighted by molar-refractivity contribution is 5.25. The predicted molar refractivity (Wildman–Crippen MR) is 97.9 cm³/mol. The molecule has 0 bridgehead atoms. The van der Waals surface area contributed by atoms with Crippen molar-refractivity contribution in [1.29, 1.82) is 0 Å². The van der Waals surface area contributed by atoms with Crippen molar-refractivity contribution in [2.24, 2.45) is 28.1 Å². The Morgan fingerprint density at radius 1 is 1.16 bits per heavy atom. The van der Waals surface area contributed by atoms with Crippen molar-refractivity contribution in [2.75, 3.05) is 13.2 Å². The van der Waals surface area contributed by atoms with Crippen molar-refractivity contribution in [1.82, 2.24) is 0 Å². The van der Waals surface area contributed by atoms with Crippen LogP contribution in [0.5, 0.6) is 0 Å². The van der Waals surface area contributed by atoms with Crippen LogP contribution in [0.3, 0.4) is 0 Å². The molecule has 2 fully saturated rings. The van der Waals surface area contributed by atoms with Crippen molar-refractivity contribution >= 4 is 0 Å². The third-order valence-corrected chi connectivity index (χ3v) is 7.99. The van der Waals surface area contributed by atoms with Gasteiger partial charge in [0, 0.05) is 18.6 Å². The molecule has 4 N–H and O–H groups in total. The Labute approximate surface area is 152 Å². The molecule has 0 amide bonds. The quantitative estimate of drug-likeness (QED) is 0.586. The minimum Gasteiger partial charge on any atom is -0.396 e. The number of allylic oxidation sites excluding steroid dienone is 1. The van der Waals surface area contributed by atoms with Crippen LogP contribution in [-0.4, -0.2) is 45.8 Å². The Kier molecular flexibility index (Phi) is 5.13. The van der Waals surface area contributed by atoms with Crippen molar-refractivity contribution in [3.05, 3.63) is 11.6 Å². The number of fused-ring (bicyclic) bond motifs is 3. The molecule has 0 aromatic carbocycles. The Bertz CT molecular complexity index is 532. The molecule has 4 heteroatoms. The van der Waals surface area contributed by atoms with E-state index in [-0.39, 0.29) is 35.6 Å². The zero-order valence-corrected chi connectivity index (χ0v) is 16.0. The SMILES string of the molecule is C[C@@]1(CO)C[C@H](O)C[C@@]2(C)[C@@H]3CC[C@](C)([C@@H](O)CCO)C=C3CC[C@H]12. The van der Waals surface area contributed by atoms with E-state index in [0.717, 1.165) is 32.1 Å². The van der Waals surface area contributed by atoms with Gasteiger partial charge in [0.25, 0.3) is 0 Å². The molecule has 4 nitrogen and oxygen atoms in total. The second-order valence-corrected chi connectivity index (χ2v) is 9.82. The van der Waals surface area contributed by atoms with Crippen LogP contribution in [0.2, 0.25) is 0 Å². The van der Waals surface area contributed by atoms with Crippen molar-refractivity contribution in [3.8, 4) is 0 Å². The van der Waals surface area contributed by atoms with Crippen LogP contribution in [0.15, 0.2) is 11.6 Å². The fourth-order valence-corrected chi connectivity index (χ4v) is 6.70. The van der Waals surface area contributed by atoms with Gasteiger partial charge in [-0.3, -0.25) is 0 Å². The molecule has 3 aliphatic carbocycles. The van der Waals surface area contributed by atoms with Gasteiger partial charge in [-0.1, -0.05) is 32.4 Å². The van der Waals surface area contributed by atoms with E-state index in [9.17, 15) is 20.4 Å². The smallest absolute Gasteiger partial charge is 0.0650 e. The van der Waals surface area contributed by atoms with Gasteiger partial charge in [-0.2, -0.15) is 0 Å². The molecule has 144 valence electrons. The molecule has 0 unspecified atom stereocenters. The number of aliphatic hydroxyl groups is 4. The van der Waals surface area contributed by atoms with Gasteiger partial charge in [-0.25, -0.2) is 0 Å². The van der Waals surface area contributed by atoms with Crippen molar-refractivity contribution in [3.63, 3.8) is 0 Å². The van der Waals surface area contributed by atoms with Crippen molar-refractivity contribution in [2.45, 2.75) is 77.9 Å². The molecule has 0 heterocycles. The topological polar surface area (TPSA) is 80.9 Å². The minimum atomic E-state index is -0.504. The second-order valence-electron chi connectivity index (χ2n) is 9.82. The summed E-state index contributed by atoms with van der Waals surface area (Å²) in [6.45, 7) is 6.73. The number of hydrogen-bond donors (Lipinski definition) is 4. The molecule has 7 atom stereocenters. The minimum absolute atomic E-state index is 0.0164. The number of hydrogen-bond acceptors (Lipinski definition) is 4. The van der Waals surface area contributed by atoms with Gasteiger partial charge >= 0.3 is 0 Å². The summed E-state index contributed by atoms with van der Waals surface area (Å²) in [6.07, 6.45) is 7.39. The molecule has 0 aromatic rings. The zero-order chi connectivity index (χ0) is 18.5. The first-order valence-electron chi connectivity index (χ1n) is 9.98. The molecule has 3 aliphatic rings. The van der Waals surface area contributed by atoms with Crippen LogP contribution in [0.25, 0.3) is 0 Å². The van der Waals surface area contributed by atoms with E-state index in [4.69, 9.17) is 0 Å². The van der Waals surface area contributed by atoms with Gasteiger partial charge < -0.3 is 20.4 Å². The molecule has 2 saturated carbocycles. The largest absolute Gasteiger partial charge is 0.396 e. The van der Waals surface area contributed by atoms with Gasteiger partial charge in [0.15, 0.2) is 0 Å². The first-order chi connectivity index (χ1) is 11.7. The van der Waals surface area contributed by atoms with E-state index < -0.39 is 6.10 Å². The van der Waals surface area contributed by atoms with Crippen LogP contribution in [0.4, 0.5) is 0 Å². The summed E-state index contributed by atoms with van der Waals surface area (Å²) in [5, 5.41) is 40.3. The molecule has 0 aromatic heterocycles. The summed E-state index contributed by atoms with van der Waals surface area (Å²) in [5.41, 5.74) is 0.988. The van der Waals surface area contributed by atoms with Gasteiger partial charge in [-0.15, -0.1) is 0 Å². The van der Waals surface area contributed by atoms with E-state index in [1.54, 1.807) is 0 Å². The van der Waals surface area contributed by atoms with E-state index in [1.165, 1.54) is 5.57 Å². The van der Waals surface area contributed by atoms with E-state index in [0.29, 0.717) is 24.7 Å². The van der Waals surface area contributed by atoms with Crippen LogP contribution >= 0.6 is 0 Å². The molecule has 0 saturated heterocycles. The normalized spacial score (nSPS) is 48.3. The summed E-state index contributed by atoms with van der Waals surface area (Å²) in [7, 11) is 0. The summed E-state index contributed by atoms with van der Waals surface area (Å²) in [6, 6.07) is 0. The maximum atomic E-state index is 10.5. The fraction of sp³-hybridized carbons (Fsp3) is 0.905. The Hall–Kier alpha value is -0.420. The third kappa shape index (κ3) is 3.09. The summed E-state index contributed by atoms with van der Waals surface area (Å²) >= 11 is 0. The highest BCUT2D eigenvalue weighted by Gasteiger charge is 2.57. The highest BCUT2D eigenvalue weighted by Crippen LogP contribution is 2.64. The zero-order valence-electron chi connectivity index (χ0n) is 16.0. The van der Waals surface area contributed by atoms with Gasteiger partial charge in [-0.05, 0) is 67.6 Å². The number of aliphatic hydroxyl groups excluding tert-OH is 4. The Morgan fingerprint density at radius 3 is 2.52 bits per heavy atom. The molecule has 0 aliphatic heterocycles. The maximum absolute atomic E-state index is 10.5. The van der Waals surface area contributed by atoms with Crippen molar-refractivity contribution < 1.29 is 20.4 Å². The monoisotopic (exact) mass is 352 g/mol.